The van der Waals surface area contributed by atoms with Crippen LogP contribution < -0.4 is 5.32 Å². The molecule has 28 heavy (non-hydrogen) atoms. The molecular weight excluding hydrogens is 352 g/mol. The minimum atomic E-state index is 0.0710. The fraction of sp³-hybridized carbons (Fsp3) is 0.591. The van der Waals surface area contributed by atoms with Gasteiger partial charge >= 0.3 is 0 Å². The topological polar surface area (TPSA) is 71.3 Å². The zero-order valence-corrected chi connectivity index (χ0v) is 17.1. The molecule has 150 valence electrons. The Morgan fingerprint density at radius 3 is 2.64 bits per heavy atom. The van der Waals surface area contributed by atoms with Crippen LogP contribution in [0, 0.1) is 5.92 Å². The SMILES string of the molecule is CC(C)(C)c1ccc(-c2noc(CN3CCCC(C(=O)NC4CC4)C3)n2)cc1. The number of rotatable bonds is 5. The number of benzene rings is 1. The number of nitrogens with zero attached hydrogens (tertiary/aromatic N) is 3. The first-order valence-electron chi connectivity index (χ1n) is 10.3. The third kappa shape index (κ3) is 4.61. The van der Waals surface area contributed by atoms with Crippen LogP contribution in [0.15, 0.2) is 28.8 Å². The zero-order valence-electron chi connectivity index (χ0n) is 17.1. The molecular formula is C22H30N4O2. The fourth-order valence-corrected chi connectivity index (χ4v) is 3.71. The van der Waals surface area contributed by atoms with Gasteiger partial charge in [0.15, 0.2) is 0 Å². The molecule has 0 bridgehead atoms. The lowest BCUT2D eigenvalue weighted by molar-refractivity contribution is -0.127. The molecule has 1 aliphatic heterocycles. The summed E-state index contributed by atoms with van der Waals surface area (Å²) in [4.78, 5) is 19.2. The van der Waals surface area contributed by atoms with Gasteiger partial charge in [-0.2, -0.15) is 4.98 Å². The number of nitrogens with one attached hydrogen (secondary N) is 1. The van der Waals surface area contributed by atoms with E-state index in [9.17, 15) is 4.79 Å². The normalized spacial score (nSPS) is 20.9. The molecule has 1 saturated heterocycles. The smallest absolute Gasteiger partial charge is 0.241 e. The van der Waals surface area contributed by atoms with Crippen LogP contribution in [0.25, 0.3) is 11.4 Å². The molecule has 1 unspecified atom stereocenters. The Balaban J connectivity index is 1.37. The van der Waals surface area contributed by atoms with Crippen molar-refractivity contribution in [1.29, 1.82) is 0 Å². The summed E-state index contributed by atoms with van der Waals surface area (Å²) >= 11 is 0. The fourth-order valence-electron chi connectivity index (χ4n) is 3.71. The third-order valence-corrected chi connectivity index (χ3v) is 5.64. The molecule has 1 atom stereocenters. The van der Waals surface area contributed by atoms with Gasteiger partial charge < -0.3 is 9.84 Å². The van der Waals surface area contributed by atoms with Crippen LogP contribution in [0.3, 0.4) is 0 Å². The van der Waals surface area contributed by atoms with Gasteiger partial charge in [-0.25, -0.2) is 0 Å². The maximum atomic E-state index is 12.3. The average molecular weight is 383 g/mol. The molecule has 0 radical (unpaired) electrons. The highest BCUT2D eigenvalue weighted by Crippen LogP contribution is 2.26. The van der Waals surface area contributed by atoms with Gasteiger partial charge in [-0.15, -0.1) is 0 Å². The molecule has 1 amide bonds. The molecule has 2 aromatic rings. The number of aromatic nitrogens is 2. The predicted molar refractivity (Wildman–Crippen MR) is 108 cm³/mol. The number of carbonyl (C=O) groups excluding carboxylic acids is 1. The quantitative estimate of drug-likeness (QED) is 0.857. The van der Waals surface area contributed by atoms with Crippen molar-refractivity contribution in [1.82, 2.24) is 20.4 Å². The van der Waals surface area contributed by atoms with Gasteiger partial charge in [-0.05, 0) is 43.2 Å². The lowest BCUT2D eigenvalue weighted by atomic mass is 9.87. The van der Waals surface area contributed by atoms with Crippen molar-refractivity contribution in [3.05, 3.63) is 35.7 Å². The van der Waals surface area contributed by atoms with Gasteiger partial charge in [-0.3, -0.25) is 9.69 Å². The second kappa shape index (κ2) is 7.66. The number of amides is 1. The molecule has 4 rings (SSSR count). The molecule has 1 aromatic carbocycles. The maximum Gasteiger partial charge on any atom is 0.241 e. The van der Waals surface area contributed by atoms with Crippen LogP contribution >= 0.6 is 0 Å². The van der Waals surface area contributed by atoms with E-state index in [1.54, 1.807) is 0 Å². The van der Waals surface area contributed by atoms with Gasteiger partial charge in [0.2, 0.25) is 17.6 Å². The van der Waals surface area contributed by atoms with Gasteiger partial charge in [0.25, 0.3) is 0 Å². The molecule has 2 aliphatic rings. The standard InChI is InChI=1S/C22H30N4O2/c1-22(2,3)17-8-6-15(7-9-17)20-24-19(28-25-20)14-26-12-4-5-16(13-26)21(27)23-18-10-11-18/h6-9,16,18H,4-5,10-14H2,1-3H3,(H,23,27). The van der Waals surface area contributed by atoms with Crippen molar-refractivity contribution in [3.63, 3.8) is 0 Å². The van der Waals surface area contributed by atoms with Crippen LogP contribution in [0.4, 0.5) is 0 Å². The monoisotopic (exact) mass is 382 g/mol. The van der Waals surface area contributed by atoms with Crippen LogP contribution in [0.5, 0.6) is 0 Å². The molecule has 2 heterocycles. The summed E-state index contributed by atoms with van der Waals surface area (Å²) in [5, 5.41) is 7.29. The van der Waals surface area contributed by atoms with E-state index in [1.165, 1.54) is 5.56 Å². The van der Waals surface area contributed by atoms with E-state index in [0.29, 0.717) is 24.3 Å². The van der Waals surface area contributed by atoms with E-state index in [-0.39, 0.29) is 17.2 Å². The summed E-state index contributed by atoms with van der Waals surface area (Å²) in [6, 6.07) is 8.77. The van der Waals surface area contributed by atoms with Crippen molar-refractivity contribution in [2.75, 3.05) is 13.1 Å². The first-order chi connectivity index (χ1) is 13.4. The van der Waals surface area contributed by atoms with E-state index in [0.717, 1.165) is 44.3 Å². The van der Waals surface area contributed by atoms with Crippen molar-refractivity contribution in [2.24, 2.45) is 5.92 Å². The second-order valence-corrected chi connectivity index (χ2v) is 9.20. The molecule has 1 saturated carbocycles. The van der Waals surface area contributed by atoms with E-state index in [4.69, 9.17) is 4.52 Å². The minimum absolute atomic E-state index is 0.0710. The number of hydrogen-bond acceptors (Lipinski definition) is 5. The van der Waals surface area contributed by atoms with Gasteiger partial charge in [0.05, 0.1) is 12.5 Å². The summed E-state index contributed by atoms with van der Waals surface area (Å²) < 4.78 is 5.49. The highest BCUT2D eigenvalue weighted by Gasteiger charge is 2.31. The Labute approximate surface area is 166 Å². The predicted octanol–water partition coefficient (Wildman–Crippen LogP) is 3.52. The largest absolute Gasteiger partial charge is 0.353 e. The van der Waals surface area contributed by atoms with Crippen LogP contribution in [0.2, 0.25) is 0 Å². The van der Waals surface area contributed by atoms with Crippen LogP contribution in [-0.2, 0) is 16.8 Å². The Morgan fingerprint density at radius 2 is 1.96 bits per heavy atom. The van der Waals surface area contributed by atoms with Crippen molar-refractivity contribution in [2.45, 2.75) is 64.5 Å². The number of likely N-dealkylation sites (tertiary alicyclic amines) is 1. The van der Waals surface area contributed by atoms with E-state index >= 15 is 0 Å². The number of piperidine rings is 1. The molecule has 1 aliphatic carbocycles. The van der Waals surface area contributed by atoms with Gasteiger partial charge in [-0.1, -0.05) is 50.2 Å². The van der Waals surface area contributed by atoms with Crippen molar-refractivity contribution >= 4 is 5.91 Å². The third-order valence-electron chi connectivity index (χ3n) is 5.64. The van der Waals surface area contributed by atoms with Crippen molar-refractivity contribution < 1.29 is 9.32 Å². The van der Waals surface area contributed by atoms with E-state index < -0.39 is 0 Å². The molecule has 6 nitrogen and oxygen atoms in total. The molecule has 1 aromatic heterocycles. The van der Waals surface area contributed by atoms with Gasteiger partial charge in [0, 0.05) is 18.2 Å². The van der Waals surface area contributed by atoms with Crippen LogP contribution in [0.1, 0.15) is 57.9 Å². The van der Waals surface area contributed by atoms with E-state index in [2.05, 4.69) is 53.3 Å². The first-order valence-corrected chi connectivity index (χ1v) is 10.3. The highest BCUT2D eigenvalue weighted by atomic mass is 16.5. The Morgan fingerprint density at radius 1 is 1.21 bits per heavy atom. The van der Waals surface area contributed by atoms with Crippen molar-refractivity contribution in [3.8, 4) is 11.4 Å². The number of hydrogen-bond donors (Lipinski definition) is 1. The number of carbonyl (C=O) groups is 1. The maximum absolute atomic E-state index is 12.3. The minimum Gasteiger partial charge on any atom is -0.353 e. The first kappa shape index (κ1) is 19.1. The highest BCUT2D eigenvalue weighted by molar-refractivity contribution is 5.79. The molecule has 6 heteroatoms. The molecule has 1 N–H and O–H groups in total. The zero-order chi connectivity index (χ0) is 19.7. The Hall–Kier alpha value is -2.21. The lowest BCUT2D eigenvalue weighted by Crippen LogP contribution is -2.43. The Kier molecular flexibility index (Phi) is 5.23. The molecule has 2 fully saturated rings. The summed E-state index contributed by atoms with van der Waals surface area (Å²) in [6.07, 6.45) is 4.25. The second-order valence-electron chi connectivity index (χ2n) is 9.20. The van der Waals surface area contributed by atoms with Crippen LogP contribution in [-0.4, -0.2) is 40.1 Å². The van der Waals surface area contributed by atoms with E-state index in [1.807, 2.05) is 12.1 Å². The molecule has 0 spiro atoms. The summed E-state index contributed by atoms with van der Waals surface area (Å²) in [5.74, 6) is 1.51. The summed E-state index contributed by atoms with van der Waals surface area (Å²) in [7, 11) is 0. The average Bonchev–Trinajstić information content (AvgIpc) is 3.36. The summed E-state index contributed by atoms with van der Waals surface area (Å²) in [5.41, 5.74) is 2.37. The lowest BCUT2D eigenvalue weighted by Gasteiger charge is -2.30. The Bertz CT molecular complexity index is 818. The van der Waals surface area contributed by atoms with Gasteiger partial charge in [0.1, 0.15) is 0 Å². The summed E-state index contributed by atoms with van der Waals surface area (Å²) in [6.45, 7) is 8.92.